The Morgan fingerprint density at radius 3 is 2.35 bits per heavy atom. The monoisotopic (exact) mass is 290 g/mol. The molecule has 0 saturated carbocycles. The maximum absolute atomic E-state index is 5.20. The van der Waals surface area contributed by atoms with E-state index in [0.29, 0.717) is 0 Å². The van der Waals surface area contributed by atoms with Gasteiger partial charge in [-0.15, -0.1) is 11.3 Å². The van der Waals surface area contributed by atoms with Crippen LogP contribution in [0, 0.1) is 0 Å². The molecule has 0 bridgehead atoms. The highest BCUT2D eigenvalue weighted by Gasteiger charge is 2.23. The molecule has 108 valence electrons. The third kappa shape index (κ3) is 3.19. The molecular formula is C16H22N2OS. The first-order chi connectivity index (χ1) is 9.45. The zero-order valence-corrected chi connectivity index (χ0v) is 13.6. The molecule has 1 N–H and O–H groups in total. The second-order valence-electron chi connectivity index (χ2n) is 5.80. The van der Waals surface area contributed by atoms with Crippen LogP contribution in [-0.4, -0.2) is 19.1 Å². The SMILES string of the molecule is CNCc1sc(-c2ccc(OC)cc2)nc1C(C)(C)C. The van der Waals surface area contributed by atoms with Crippen molar-refractivity contribution in [1.29, 1.82) is 0 Å². The molecule has 20 heavy (non-hydrogen) atoms. The average molecular weight is 290 g/mol. The Morgan fingerprint density at radius 1 is 1.20 bits per heavy atom. The maximum Gasteiger partial charge on any atom is 0.123 e. The lowest BCUT2D eigenvalue weighted by Crippen LogP contribution is -2.16. The summed E-state index contributed by atoms with van der Waals surface area (Å²) in [7, 11) is 3.65. The number of hydrogen-bond acceptors (Lipinski definition) is 4. The molecule has 0 unspecified atom stereocenters. The Balaban J connectivity index is 2.41. The van der Waals surface area contributed by atoms with Crippen LogP contribution in [0.15, 0.2) is 24.3 Å². The van der Waals surface area contributed by atoms with Crippen molar-refractivity contribution in [2.24, 2.45) is 0 Å². The van der Waals surface area contributed by atoms with Gasteiger partial charge in [0, 0.05) is 22.4 Å². The number of rotatable bonds is 4. The first-order valence-electron chi connectivity index (χ1n) is 6.75. The second-order valence-corrected chi connectivity index (χ2v) is 6.88. The van der Waals surface area contributed by atoms with Crippen molar-refractivity contribution in [2.45, 2.75) is 32.7 Å². The first-order valence-corrected chi connectivity index (χ1v) is 7.56. The van der Waals surface area contributed by atoms with Crippen molar-refractivity contribution < 1.29 is 4.74 Å². The largest absolute Gasteiger partial charge is 0.497 e. The van der Waals surface area contributed by atoms with Gasteiger partial charge in [0.2, 0.25) is 0 Å². The molecule has 1 aromatic carbocycles. The van der Waals surface area contributed by atoms with E-state index < -0.39 is 0 Å². The number of thiazole rings is 1. The van der Waals surface area contributed by atoms with Crippen LogP contribution in [0.4, 0.5) is 0 Å². The van der Waals surface area contributed by atoms with Gasteiger partial charge in [-0.05, 0) is 31.3 Å². The number of benzene rings is 1. The molecule has 4 heteroatoms. The molecule has 1 aromatic heterocycles. The summed E-state index contributed by atoms with van der Waals surface area (Å²) in [4.78, 5) is 6.17. The zero-order valence-electron chi connectivity index (χ0n) is 12.8. The van der Waals surface area contributed by atoms with Crippen LogP contribution in [0.2, 0.25) is 0 Å². The Labute approximate surface area is 125 Å². The third-order valence-electron chi connectivity index (χ3n) is 3.08. The topological polar surface area (TPSA) is 34.1 Å². The number of hydrogen-bond donors (Lipinski definition) is 1. The van der Waals surface area contributed by atoms with Crippen molar-refractivity contribution in [3.63, 3.8) is 0 Å². The molecule has 0 fully saturated rings. The normalized spacial score (nSPS) is 11.7. The van der Waals surface area contributed by atoms with Gasteiger partial charge in [0.25, 0.3) is 0 Å². The molecule has 0 amide bonds. The fraction of sp³-hybridized carbons (Fsp3) is 0.438. The van der Waals surface area contributed by atoms with Gasteiger partial charge in [0.1, 0.15) is 10.8 Å². The molecule has 0 saturated heterocycles. The van der Waals surface area contributed by atoms with E-state index in [1.54, 1.807) is 18.4 Å². The summed E-state index contributed by atoms with van der Waals surface area (Å²) in [5.41, 5.74) is 2.39. The summed E-state index contributed by atoms with van der Waals surface area (Å²) in [6.45, 7) is 7.48. The number of aromatic nitrogens is 1. The van der Waals surface area contributed by atoms with Gasteiger partial charge in [-0.25, -0.2) is 4.98 Å². The van der Waals surface area contributed by atoms with Crippen molar-refractivity contribution in [3.8, 4) is 16.3 Å². The predicted molar refractivity (Wildman–Crippen MR) is 85.6 cm³/mol. The van der Waals surface area contributed by atoms with E-state index in [2.05, 4.69) is 38.2 Å². The maximum atomic E-state index is 5.20. The van der Waals surface area contributed by atoms with Gasteiger partial charge in [0.05, 0.1) is 12.8 Å². The minimum atomic E-state index is 0.0629. The molecular weight excluding hydrogens is 268 g/mol. The lowest BCUT2D eigenvalue weighted by Gasteiger charge is -2.17. The van der Waals surface area contributed by atoms with Gasteiger partial charge < -0.3 is 10.1 Å². The molecule has 2 aromatic rings. The summed E-state index contributed by atoms with van der Waals surface area (Å²) in [5, 5.41) is 4.30. The molecule has 3 nitrogen and oxygen atoms in total. The lowest BCUT2D eigenvalue weighted by molar-refractivity contribution is 0.415. The van der Waals surface area contributed by atoms with Crippen LogP contribution in [0.5, 0.6) is 5.75 Å². The van der Waals surface area contributed by atoms with Crippen molar-refractivity contribution in [3.05, 3.63) is 34.8 Å². The van der Waals surface area contributed by atoms with Crippen LogP contribution in [0.25, 0.3) is 10.6 Å². The van der Waals surface area contributed by atoms with E-state index in [-0.39, 0.29) is 5.41 Å². The van der Waals surface area contributed by atoms with Crippen LogP contribution < -0.4 is 10.1 Å². The van der Waals surface area contributed by atoms with Crippen molar-refractivity contribution in [2.75, 3.05) is 14.2 Å². The van der Waals surface area contributed by atoms with E-state index in [1.165, 1.54) is 10.6 Å². The van der Waals surface area contributed by atoms with Crippen molar-refractivity contribution >= 4 is 11.3 Å². The number of nitrogens with one attached hydrogen (secondary N) is 1. The highest BCUT2D eigenvalue weighted by molar-refractivity contribution is 7.15. The van der Waals surface area contributed by atoms with E-state index in [0.717, 1.165) is 22.9 Å². The summed E-state index contributed by atoms with van der Waals surface area (Å²) < 4.78 is 5.20. The zero-order chi connectivity index (χ0) is 14.8. The van der Waals surface area contributed by atoms with E-state index in [4.69, 9.17) is 9.72 Å². The Hall–Kier alpha value is -1.39. The fourth-order valence-corrected chi connectivity index (χ4v) is 3.36. The van der Waals surface area contributed by atoms with Crippen LogP contribution in [0.3, 0.4) is 0 Å². The first kappa shape index (κ1) is 15.0. The van der Waals surface area contributed by atoms with Gasteiger partial charge in [-0.2, -0.15) is 0 Å². The third-order valence-corrected chi connectivity index (χ3v) is 4.19. The van der Waals surface area contributed by atoms with Crippen LogP contribution >= 0.6 is 11.3 Å². The fourth-order valence-electron chi connectivity index (χ4n) is 2.08. The smallest absolute Gasteiger partial charge is 0.123 e. The van der Waals surface area contributed by atoms with Gasteiger partial charge >= 0.3 is 0 Å². The summed E-state index contributed by atoms with van der Waals surface area (Å²) in [6, 6.07) is 8.08. The highest BCUT2D eigenvalue weighted by Crippen LogP contribution is 2.34. The summed E-state index contributed by atoms with van der Waals surface area (Å²) in [6.07, 6.45) is 0. The quantitative estimate of drug-likeness (QED) is 0.929. The van der Waals surface area contributed by atoms with E-state index in [9.17, 15) is 0 Å². The van der Waals surface area contributed by atoms with Crippen LogP contribution in [0.1, 0.15) is 31.3 Å². The Morgan fingerprint density at radius 2 is 1.85 bits per heavy atom. The lowest BCUT2D eigenvalue weighted by atomic mass is 9.91. The molecule has 0 radical (unpaired) electrons. The molecule has 0 spiro atoms. The number of methoxy groups -OCH3 is 1. The van der Waals surface area contributed by atoms with E-state index >= 15 is 0 Å². The molecule has 1 heterocycles. The number of nitrogens with zero attached hydrogens (tertiary/aromatic N) is 1. The summed E-state index contributed by atoms with van der Waals surface area (Å²) in [5.74, 6) is 0.872. The van der Waals surface area contributed by atoms with Gasteiger partial charge in [0.15, 0.2) is 0 Å². The summed E-state index contributed by atoms with van der Waals surface area (Å²) >= 11 is 1.76. The minimum Gasteiger partial charge on any atom is -0.497 e. The molecule has 0 atom stereocenters. The molecule has 2 rings (SSSR count). The molecule has 0 aliphatic heterocycles. The van der Waals surface area contributed by atoms with E-state index in [1.807, 2.05) is 19.2 Å². The van der Waals surface area contributed by atoms with Crippen molar-refractivity contribution in [1.82, 2.24) is 10.3 Å². The number of ether oxygens (including phenoxy) is 1. The average Bonchev–Trinajstić information content (AvgIpc) is 2.83. The highest BCUT2D eigenvalue weighted by atomic mass is 32.1. The molecule has 0 aliphatic rings. The van der Waals surface area contributed by atoms with Crippen LogP contribution in [-0.2, 0) is 12.0 Å². The molecule has 0 aliphatic carbocycles. The minimum absolute atomic E-state index is 0.0629. The standard InChI is InChI=1S/C16H22N2OS/c1-16(2,3)14-13(10-17-4)20-15(18-14)11-6-8-12(19-5)9-7-11/h6-9,17H,10H2,1-5H3. The van der Waals surface area contributed by atoms with Gasteiger partial charge in [-0.3, -0.25) is 0 Å². The Bertz CT molecular complexity index is 567. The predicted octanol–water partition coefficient (Wildman–Crippen LogP) is 3.84. The second kappa shape index (κ2) is 5.94. The van der Waals surface area contributed by atoms with Gasteiger partial charge in [-0.1, -0.05) is 20.8 Å². The Kier molecular flexibility index (Phi) is 4.45.